The molecule has 0 spiro atoms. The summed E-state index contributed by atoms with van der Waals surface area (Å²) in [6.45, 7) is 2.64. The van der Waals surface area contributed by atoms with Gasteiger partial charge in [0.25, 0.3) is 0 Å². The molecule has 0 aliphatic carbocycles. The number of benzene rings is 1. The van der Waals surface area contributed by atoms with E-state index in [4.69, 9.17) is 4.74 Å². The van der Waals surface area contributed by atoms with Gasteiger partial charge in [0.1, 0.15) is 11.6 Å². The predicted molar refractivity (Wildman–Crippen MR) is 90.5 cm³/mol. The van der Waals surface area contributed by atoms with Crippen LogP contribution >= 0.6 is 0 Å². The largest absolute Gasteiger partial charge is 0.496 e. The summed E-state index contributed by atoms with van der Waals surface area (Å²) in [6.07, 6.45) is 2.37. The third-order valence-electron chi connectivity index (χ3n) is 3.34. The Morgan fingerprint density at radius 3 is 2.57 bits per heavy atom. The number of amides is 1. The van der Waals surface area contributed by atoms with Gasteiger partial charge in [0.05, 0.1) is 7.11 Å². The molecule has 23 heavy (non-hydrogen) atoms. The summed E-state index contributed by atoms with van der Waals surface area (Å²) < 4.78 is 5.31. The van der Waals surface area contributed by atoms with E-state index in [1.54, 1.807) is 19.2 Å². The summed E-state index contributed by atoms with van der Waals surface area (Å²) in [7, 11) is 1.65. The summed E-state index contributed by atoms with van der Waals surface area (Å²) >= 11 is 0. The van der Waals surface area contributed by atoms with Gasteiger partial charge in [-0.25, -0.2) is 0 Å². The second-order valence-corrected chi connectivity index (χ2v) is 5.12. The number of hydrogen-bond acceptors (Lipinski definition) is 5. The van der Waals surface area contributed by atoms with Gasteiger partial charge in [0.2, 0.25) is 5.91 Å². The van der Waals surface area contributed by atoms with Crippen LogP contribution in [0, 0.1) is 0 Å². The van der Waals surface area contributed by atoms with Crippen molar-refractivity contribution in [3.05, 3.63) is 42.0 Å². The van der Waals surface area contributed by atoms with Crippen LogP contribution in [0.3, 0.4) is 0 Å². The number of nitrogens with zero attached hydrogens (tertiary/aromatic N) is 2. The number of carbonyl (C=O) groups excluding carboxylic acids is 1. The molecule has 1 heterocycles. The molecule has 0 fully saturated rings. The van der Waals surface area contributed by atoms with E-state index in [1.807, 2.05) is 24.3 Å². The van der Waals surface area contributed by atoms with Gasteiger partial charge in [0, 0.05) is 18.5 Å². The van der Waals surface area contributed by atoms with Gasteiger partial charge in [-0.15, -0.1) is 10.2 Å². The van der Waals surface area contributed by atoms with Crippen molar-refractivity contribution in [3.63, 3.8) is 0 Å². The lowest BCUT2D eigenvalue weighted by atomic mass is 10.2. The molecule has 1 aromatic carbocycles. The molecule has 0 saturated carbocycles. The fraction of sp³-hybridized carbons (Fsp3) is 0.353. The van der Waals surface area contributed by atoms with Crippen LogP contribution < -0.4 is 15.4 Å². The van der Waals surface area contributed by atoms with E-state index in [0.717, 1.165) is 24.2 Å². The average Bonchev–Trinajstić information content (AvgIpc) is 2.59. The SMILES string of the molecule is CCCCC(=O)Nc1ccc(NCc2ccccc2OC)nn1. The molecule has 0 aliphatic heterocycles. The van der Waals surface area contributed by atoms with Crippen molar-refractivity contribution >= 4 is 17.5 Å². The number of rotatable bonds is 8. The molecular formula is C17H22N4O2. The quantitative estimate of drug-likeness (QED) is 0.782. The van der Waals surface area contributed by atoms with Gasteiger partial charge in [0.15, 0.2) is 5.82 Å². The minimum absolute atomic E-state index is 0.0316. The Kier molecular flexibility index (Phi) is 6.35. The molecule has 0 unspecified atom stereocenters. The first-order chi connectivity index (χ1) is 11.2. The Labute approximate surface area is 136 Å². The van der Waals surface area contributed by atoms with E-state index < -0.39 is 0 Å². The Balaban J connectivity index is 1.88. The maximum Gasteiger partial charge on any atom is 0.225 e. The van der Waals surface area contributed by atoms with E-state index >= 15 is 0 Å². The number of aromatic nitrogens is 2. The highest BCUT2D eigenvalue weighted by molar-refractivity contribution is 5.89. The summed E-state index contributed by atoms with van der Waals surface area (Å²) in [5.41, 5.74) is 1.04. The number of methoxy groups -OCH3 is 1. The molecule has 2 aromatic rings. The Morgan fingerprint density at radius 2 is 1.87 bits per heavy atom. The maximum atomic E-state index is 11.6. The maximum absolute atomic E-state index is 11.6. The lowest BCUT2D eigenvalue weighted by molar-refractivity contribution is -0.116. The monoisotopic (exact) mass is 314 g/mol. The lowest BCUT2D eigenvalue weighted by Gasteiger charge is -2.10. The third-order valence-corrected chi connectivity index (χ3v) is 3.34. The van der Waals surface area contributed by atoms with Gasteiger partial charge >= 0.3 is 0 Å². The molecule has 122 valence electrons. The predicted octanol–water partition coefficient (Wildman–Crippen LogP) is 3.23. The minimum Gasteiger partial charge on any atom is -0.496 e. The van der Waals surface area contributed by atoms with Crippen molar-refractivity contribution in [2.24, 2.45) is 0 Å². The second kappa shape index (κ2) is 8.73. The zero-order chi connectivity index (χ0) is 16.5. The van der Waals surface area contributed by atoms with Crippen molar-refractivity contribution in [1.29, 1.82) is 0 Å². The Bertz CT molecular complexity index is 629. The second-order valence-electron chi connectivity index (χ2n) is 5.12. The van der Waals surface area contributed by atoms with Crippen LogP contribution in [0.1, 0.15) is 31.7 Å². The number of nitrogens with one attached hydrogen (secondary N) is 2. The highest BCUT2D eigenvalue weighted by Crippen LogP contribution is 2.18. The lowest BCUT2D eigenvalue weighted by Crippen LogP contribution is -2.13. The molecular weight excluding hydrogens is 292 g/mol. The average molecular weight is 314 g/mol. The molecule has 2 rings (SSSR count). The summed E-state index contributed by atoms with van der Waals surface area (Å²) in [5.74, 6) is 1.90. The number of anilines is 2. The van der Waals surface area contributed by atoms with Crippen LogP contribution in [-0.4, -0.2) is 23.2 Å². The smallest absolute Gasteiger partial charge is 0.225 e. The first-order valence-corrected chi connectivity index (χ1v) is 7.72. The van der Waals surface area contributed by atoms with Crippen molar-refractivity contribution in [3.8, 4) is 5.75 Å². The fourth-order valence-corrected chi connectivity index (χ4v) is 2.07. The number of hydrogen-bond donors (Lipinski definition) is 2. The zero-order valence-electron chi connectivity index (χ0n) is 13.5. The molecule has 0 bridgehead atoms. The van der Waals surface area contributed by atoms with Crippen LogP contribution in [0.25, 0.3) is 0 Å². The highest BCUT2D eigenvalue weighted by Gasteiger charge is 2.05. The van der Waals surface area contributed by atoms with E-state index in [0.29, 0.717) is 24.6 Å². The molecule has 0 saturated heterocycles. The van der Waals surface area contributed by atoms with Crippen molar-refractivity contribution in [1.82, 2.24) is 10.2 Å². The summed E-state index contributed by atoms with van der Waals surface area (Å²) in [5, 5.41) is 14.0. The van der Waals surface area contributed by atoms with Gasteiger partial charge < -0.3 is 15.4 Å². The number of para-hydroxylation sites is 1. The summed E-state index contributed by atoms with van der Waals surface area (Å²) in [6, 6.07) is 11.3. The molecule has 6 nitrogen and oxygen atoms in total. The van der Waals surface area contributed by atoms with Crippen molar-refractivity contribution in [2.45, 2.75) is 32.7 Å². The van der Waals surface area contributed by atoms with Gasteiger partial charge in [-0.1, -0.05) is 31.5 Å². The molecule has 0 aliphatic rings. The van der Waals surface area contributed by atoms with Crippen LogP contribution in [0.15, 0.2) is 36.4 Å². The fourth-order valence-electron chi connectivity index (χ4n) is 2.07. The van der Waals surface area contributed by atoms with Gasteiger partial charge in [-0.3, -0.25) is 4.79 Å². The van der Waals surface area contributed by atoms with Gasteiger partial charge in [-0.2, -0.15) is 0 Å². The van der Waals surface area contributed by atoms with Gasteiger partial charge in [-0.05, 0) is 24.6 Å². The van der Waals surface area contributed by atoms with Crippen LogP contribution in [0.5, 0.6) is 5.75 Å². The first-order valence-electron chi connectivity index (χ1n) is 7.72. The molecule has 6 heteroatoms. The number of carbonyl (C=O) groups is 1. The zero-order valence-corrected chi connectivity index (χ0v) is 13.5. The Morgan fingerprint density at radius 1 is 1.13 bits per heavy atom. The van der Waals surface area contributed by atoms with Crippen LogP contribution in [0.4, 0.5) is 11.6 Å². The van der Waals surface area contributed by atoms with E-state index in [9.17, 15) is 4.79 Å². The summed E-state index contributed by atoms with van der Waals surface area (Å²) in [4.78, 5) is 11.6. The molecule has 1 aromatic heterocycles. The Hall–Kier alpha value is -2.63. The minimum atomic E-state index is -0.0316. The molecule has 0 radical (unpaired) electrons. The van der Waals surface area contributed by atoms with E-state index in [1.165, 1.54) is 0 Å². The molecule has 1 amide bonds. The standard InChI is InChI=1S/C17H22N4O2/c1-3-4-9-17(22)19-16-11-10-15(20-21-16)18-12-13-7-5-6-8-14(13)23-2/h5-8,10-11H,3-4,9,12H2,1-2H3,(H,18,20)(H,19,21,22). The van der Waals surface area contributed by atoms with Crippen molar-refractivity contribution < 1.29 is 9.53 Å². The van der Waals surface area contributed by atoms with E-state index in [2.05, 4.69) is 27.8 Å². The third kappa shape index (κ3) is 5.25. The van der Waals surface area contributed by atoms with Crippen LogP contribution in [0.2, 0.25) is 0 Å². The topological polar surface area (TPSA) is 76.1 Å². The van der Waals surface area contributed by atoms with Crippen LogP contribution in [-0.2, 0) is 11.3 Å². The number of ether oxygens (including phenoxy) is 1. The first kappa shape index (κ1) is 16.7. The molecule has 0 atom stereocenters. The number of unbranched alkanes of at least 4 members (excludes halogenated alkanes) is 1. The highest BCUT2D eigenvalue weighted by atomic mass is 16.5. The molecule has 2 N–H and O–H groups in total. The van der Waals surface area contributed by atoms with Crippen molar-refractivity contribution in [2.75, 3.05) is 17.7 Å². The normalized spacial score (nSPS) is 10.2. The van der Waals surface area contributed by atoms with E-state index in [-0.39, 0.29) is 5.91 Å².